The molecule has 0 bridgehead atoms. The topological polar surface area (TPSA) is 54.5 Å². The van der Waals surface area contributed by atoms with Crippen molar-refractivity contribution in [1.29, 1.82) is 0 Å². The van der Waals surface area contributed by atoms with Gasteiger partial charge in [-0.05, 0) is 38.0 Å². The number of aryl methyl sites for hydroxylation is 1. The van der Waals surface area contributed by atoms with Crippen molar-refractivity contribution in [2.45, 2.75) is 44.6 Å². The lowest BCUT2D eigenvalue weighted by Gasteiger charge is -2.48. The Bertz CT molecular complexity index is 858. The van der Waals surface area contributed by atoms with Gasteiger partial charge in [-0.2, -0.15) is 0 Å². The molecule has 1 aliphatic heterocycles. The lowest BCUT2D eigenvalue weighted by atomic mass is 9.79. The SMILES string of the molecule is Cc1nc2cc(F)ccc2cc1C(=O)NCC1(N2CCOCC2)CCCCC1. The fourth-order valence-corrected chi connectivity index (χ4v) is 4.66. The quantitative estimate of drug-likeness (QED) is 0.876. The Morgan fingerprint density at radius 3 is 2.71 bits per heavy atom. The Kier molecular flexibility index (Phi) is 5.60. The van der Waals surface area contributed by atoms with E-state index in [1.165, 1.54) is 31.4 Å². The average molecular weight is 385 g/mol. The highest BCUT2D eigenvalue weighted by Gasteiger charge is 2.38. The van der Waals surface area contributed by atoms with Gasteiger partial charge < -0.3 is 10.1 Å². The summed E-state index contributed by atoms with van der Waals surface area (Å²) in [4.78, 5) is 19.9. The number of pyridine rings is 1. The number of morpholine rings is 1. The van der Waals surface area contributed by atoms with E-state index < -0.39 is 0 Å². The van der Waals surface area contributed by atoms with Crippen LogP contribution in [0.3, 0.4) is 0 Å². The van der Waals surface area contributed by atoms with E-state index in [0.717, 1.165) is 44.5 Å². The van der Waals surface area contributed by atoms with E-state index in [1.54, 1.807) is 13.0 Å². The molecule has 0 atom stereocenters. The van der Waals surface area contributed by atoms with E-state index in [0.29, 0.717) is 23.3 Å². The standard InChI is InChI=1S/C22H28FN3O2/c1-16-19(13-17-5-6-18(23)14-20(17)25-16)21(27)24-15-22(7-3-2-4-8-22)26-9-11-28-12-10-26/h5-6,13-14H,2-4,7-12,15H2,1H3,(H,24,27). The molecule has 1 N–H and O–H groups in total. The van der Waals surface area contributed by atoms with Gasteiger partial charge in [0.2, 0.25) is 0 Å². The van der Waals surface area contributed by atoms with Gasteiger partial charge in [0, 0.05) is 36.6 Å². The molecule has 4 rings (SSSR count). The number of nitrogens with zero attached hydrogens (tertiary/aromatic N) is 2. The molecule has 1 aliphatic carbocycles. The predicted molar refractivity (Wildman–Crippen MR) is 107 cm³/mol. The fourth-order valence-electron chi connectivity index (χ4n) is 4.66. The number of nitrogens with one attached hydrogen (secondary N) is 1. The normalized spacial score (nSPS) is 20.2. The van der Waals surface area contributed by atoms with Gasteiger partial charge in [0.05, 0.1) is 30.0 Å². The van der Waals surface area contributed by atoms with Crippen molar-refractivity contribution < 1.29 is 13.9 Å². The number of fused-ring (bicyclic) bond motifs is 1. The number of ether oxygens (including phenoxy) is 1. The maximum atomic E-state index is 13.4. The molecule has 1 saturated heterocycles. The van der Waals surface area contributed by atoms with Crippen LogP contribution < -0.4 is 5.32 Å². The van der Waals surface area contributed by atoms with E-state index in [9.17, 15) is 9.18 Å². The van der Waals surface area contributed by atoms with Crippen molar-refractivity contribution in [3.63, 3.8) is 0 Å². The summed E-state index contributed by atoms with van der Waals surface area (Å²) in [7, 11) is 0. The van der Waals surface area contributed by atoms with Crippen LogP contribution in [0, 0.1) is 12.7 Å². The monoisotopic (exact) mass is 385 g/mol. The smallest absolute Gasteiger partial charge is 0.253 e. The summed E-state index contributed by atoms with van der Waals surface area (Å²) in [5.41, 5.74) is 1.79. The molecule has 1 aromatic carbocycles. The van der Waals surface area contributed by atoms with Crippen molar-refractivity contribution in [2.75, 3.05) is 32.8 Å². The summed E-state index contributed by atoms with van der Waals surface area (Å²) in [5, 5.41) is 3.96. The third kappa shape index (κ3) is 3.89. The Morgan fingerprint density at radius 2 is 1.96 bits per heavy atom. The van der Waals surface area contributed by atoms with Crippen molar-refractivity contribution >= 4 is 16.8 Å². The molecule has 2 fully saturated rings. The van der Waals surface area contributed by atoms with E-state index >= 15 is 0 Å². The van der Waals surface area contributed by atoms with Gasteiger partial charge in [0.25, 0.3) is 5.91 Å². The summed E-state index contributed by atoms with van der Waals surface area (Å²) in [6.45, 7) is 5.83. The van der Waals surface area contributed by atoms with E-state index in [2.05, 4.69) is 15.2 Å². The minimum Gasteiger partial charge on any atom is -0.379 e. The van der Waals surface area contributed by atoms with Gasteiger partial charge in [-0.3, -0.25) is 14.7 Å². The van der Waals surface area contributed by atoms with Gasteiger partial charge in [-0.1, -0.05) is 19.3 Å². The second-order valence-corrected chi connectivity index (χ2v) is 8.03. The zero-order chi connectivity index (χ0) is 19.6. The second kappa shape index (κ2) is 8.13. The first-order valence-electron chi connectivity index (χ1n) is 10.3. The number of amides is 1. The molecule has 0 spiro atoms. The summed E-state index contributed by atoms with van der Waals surface area (Å²) in [6.07, 6.45) is 5.90. The number of hydrogen-bond donors (Lipinski definition) is 1. The Morgan fingerprint density at radius 1 is 1.21 bits per heavy atom. The molecule has 28 heavy (non-hydrogen) atoms. The van der Waals surface area contributed by atoms with Crippen LogP contribution in [0.15, 0.2) is 24.3 Å². The molecule has 1 amide bonds. The summed E-state index contributed by atoms with van der Waals surface area (Å²) in [5.74, 6) is -0.421. The van der Waals surface area contributed by atoms with Crippen LogP contribution in [0.4, 0.5) is 4.39 Å². The van der Waals surface area contributed by atoms with Crippen molar-refractivity contribution in [2.24, 2.45) is 0 Å². The summed E-state index contributed by atoms with van der Waals surface area (Å²) >= 11 is 0. The summed E-state index contributed by atoms with van der Waals surface area (Å²) < 4.78 is 19.0. The molecule has 1 saturated carbocycles. The molecular weight excluding hydrogens is 357 g/mol. The van der Waals surface area contributed by atoms with Crippen LogP contribution in [-0.4, -0.2) is 54.2 Å². The number of rotatable bonds is 4. The summed E-state index contributed by atoms with van der Waals surface area (Å²) in [6, 6.07) is 6.29. The van der Waals surface area contributed by atoms with Crippen LogP contribution in [0.2, 0.25) is 0 Å². The van der Waals surface area contributed by atoms with Crippen LogP contribution in [0.5, 0.6) is 0 Å². The maximum absolute atomic E-state index is 13.4. The first kappa shape index (κ1) is 19.3. The average Bonchev–Trinajstić information content (AvgIpc) is 2.73. The van der Waals surface area contributed by atoms with Crippen LogP contribution in [0.1, 0.15) is 48.2 Å². The zero-order valence-corrected chi connectivity index (χ0v) is 16.5. The van der Waals surface area contributed by atoms with Gasteiger partial charge in [0.1, 0.15) is 5.82 Å². The Labute approximate surface area is 165 Å². The molecule has 1 aromatic heterocycles. The number of aromatic nitrogens is 1. The van der Waals surface area contributed by atoms with Crippen molar-refractivity contribution in [3.05, 3.63) is 41.3 Å². The number of carbonyl (C=O) groups is 1. The highest BCUT2D eigenvalue weighted by Crippen LogP contribution is 2.34. The first-order chi connectivity index (χ1) is 13.6. The first-order valence-corrected chi connectivity index (χ1v) is 10.3. The lowest BCUT2D eigenvalue weighted by Crippen LogP contribution is -2.59. The van der Waals surface area contributed by atoms with Gasteiger partial charge in [0.15, 0.2) is 0 Å². The number of carbonyl (C=O) groups excluding carboxylic acids is 1. The van der Waals surface area contributed by atoms with Crippen LogP contribution in [-0.2, 0) is 4.74 Å². The van der Waals surface area contributed by atoms with Gasteiger partial charge >= 0.3 is 0 Å². The highest BCUT2D eigenvalue weighted by molar-refractivity contribution is 5.98. The van der Waals surface area contributed by atoms with E-state index in [4.69, 9.17) is 4.74 Å². The molecule has 2 heterocycles. The van der Waals surface area contributed by atoms with Gasteiger partial charge in [-0.15, -0.1) is 0 Å². The fraction of sp³-hybridized carbons (Fsp3) is 0.545. The molecule has 0 unspecified atom stereocenters. The molecular formula is C22H28FN3O2. The Balaban J connectivity index is 1.52. The number of hydrogen-bond acceptors (Lipinski definition) is 4. The van der Waals surface area contributed by atoms with Crippen LogP contribution in [0.25, 0.3) is 10.9 Å². The lowest BCUT2D eigenvalue weighted by molar-refractivity contribution is -0.0361. The van der Waals surface area contributed by atoms with Crippen LogP contribution >= 0.6 is 0 Å². The second-order valence-electron chi connectivity index (χ2n) is 8.03. The molecule has 0 radical (unpaired) electrons. The van der Waals surface area contributed by atoms with E-state index in [1.807, 2.05) is 6.07 Å². The maximum Gasteiger partial charge on any atom is 0.253 e. The Hall–Kier alpha value is -2.05. The zero-order valence-electron chi connectivity index (χ0n) is 16.5. The van der Waals surface area contributed by atoms with Crippen molar-refractivity contribution in [1.82, 2.24) is 15.2 Å². The molecule has 150 valence electrons. The molecule has 2 aromatic rings. The molecule has 5 nitrogen and oxygen atoms in total. The van der Waals surface area contributed by atoms with Gasteiger partial charge in [-0.25, -0.2) is 4.39 Å². The molecule has 2 aliphatic rings. The highest BCUT2D eigenvalue weighted by atomic mass is 19.1. The third-order valence-electron chi connectivity index (χ3n) is 6.26. The largest absolute Gasteiger partial charge is 0.379 e. The number of benzene rings is 1. The predicted octanol–water partition coefficient (Wildman–Crippen LogP) is 3.45. The van der Waals surface area contributed by atoms with Crippen molar-refractivity contribution in [3.8, 4) is 0 Å². The minimum atomic E-state index is -0.318. The minimum absolute atomic E-state index is 0.0268. The third-order valence-corrected chi connectivity index (χ3v) is 6.26. The van der Waals surface area contributed by atoms with E-state index in [-0.39, 0.29) is 17.3 Å². The molecule has 6 heteroatoms. The number of halogens is 1.